The third-order valence-corrected chi connectivity index (χ3v) is 7.91. The highest BCUT2D eigenvalue weighted by Crippen LogP contribution is 2.42. The van der Waals surface area contributed by atoms with Gasteiger partial charge in [0.1, 0.15) is 0 Å². The largest absolute Gasteiger partial charge is 0.338 e. The van der Waals surface area contributed by atoms with Gasteiger partial charge in [0.2, 0.25) is 10.0 Å². The number of sulfonamides is 1. The standard InChI is InChI=1S/C17H23N3O3S/c21-16(14-3-1-8-18-11-14)19-9-2-6-17(12-19)7-10-20(13-17)24(22,23)15-4-5-15/h1,3,8,11,15H,2,4-7,9-10,12-13H2/t17-/m1/s1. The van der Waals surface area contributed by atoms with Gasteiger partial charge in [-0.15, -0.1) is 0 Å². The van der Waals surface area contributed by atoms with E-state index in [2.05, 4.69) is 4.98 Å². The molecule has 3 fully saturated rings. The average molecular weight is 349 g/mol. The van der Waals surface area contributed by atoms with Crippen molar-refractivity contribution in [2.75, 3.05) is 26.2 Å². The molecule has 1 aromatic heterocycles. The number of hydrogen-bond donors (Lipinski definition) is 0. The monoisotopic (exact) mass is 349 g/mol. The fourth-order valence-corrected chi connectivity index (χ4v) is 6.03. The molecule has 1 aromatic rings. The quantitative estimate of drug-likeness (QED) is 0.829. The number of nitrogens with zero attached hydrogens (tertiary/aromatic N) is 3. The summed E-state index contributed by atoms with van der Waals surface area (Å²) in [7, 11) is -3.11. The summed E-state index contributed by atoms with van der Waals surface area (Å²) in [5.74, 6) is 0.00525. The lowest BCUT2D eigenvalue weighted by atomic mass is 9.79. The molecule has 2 aliphatic heterocycles. The first-order chi connectivity index (χ1) is 11.5. The van der Waals surface area contributed by atoms with Crippen molar-refractivity contribution in [3.8, 4) is 0 Å². The molecule has 4 rings (SSSR count). The second-order valence-electron chi connectivity index (χ2n) is 7.40. The second kappa shape index (κ2) is 5.81. The van der Waals surface area contributed by atoms with E-state index in [1.54, 1.807) is 28.8 Å². The molecule has 3 heterocycles. The Labute approximate surface area is 142 Å². The third kappa shape index (κ3) is 2.84. The molecule has 0 bridgehead atoms. The Morgan fingerprint density at radius 1 is 1.21 bits per heavy atom. The number of carbonyl (C=O) groups is 1. The van der Waals surface area contributed by atoms with Gasteiger partial charge in [-0.25, -0.2) is 12.7 Å². The van der Waals surface area contributed by atoms with Crippen LogP contribution in [0.15, 0.2) is 24.5 Å². The molecule has 3 aliphatic rings. The minimum absolute atomic E-state index is 0.00525. The van der Waals surface area contributed by atoms with E-state index in [0.29, 0.717) is 25.2 Å². The van der Waals surface area contributed by atoms with Crippen molar-refractivity contribution in [3.05, 3.63) is 30.1 Å². The maximum Gasteiger partial charge on any atom is 0.255 e. The van der Waals surface area contributed by atoms with Gasteiger partial charge in [-0.05, 0) is 44.2 Å². The number of pyridine rings is 1. The molecule has 130 valence electrons. The van der Waals surface area contributed by atoms with E-state index in [9.17, 15) is 13.2 Å². The molecule has 1 saturated carbocycles. The molecule has 0 N–H and O–H groups in total. The van der Waals surface area contributed by atoms with Crippen molar-refractivity contribution in [2.24, 2.45) is 5.41 Å². The van der Waals surface area contributed by atoms with Crippen LogP contribution < -0.4 is 0 Å². The van der Waals surface area contributed by atoms with Crippen LogP contribution in [0.5, 0.6) is 0 Å². The Kier molecular flexibility index (Phi) is 3.88. The van der Waals surface area contributed by atoms with Gasteiger partial charge in [0.05, 0.1) is 10.8 Å². The predicted molar refractivity (Wildman–Crippen MR) is 89.9 cm³/mol. The average Bonchev–Trinajstić information content (AvgIpc) is 3.39. The number of carbonyl (C=O) groups excluding carboxylic acids is 1. The number of piperidine rings is 1. The van der Waals surface area contributed by atoms with Crippen LogP contribution in [-0.2, 0) is 10.0 Å². The lowest BCUT2D eigenvalue weighted by Gasteiger charge is -2.40. The van der Waals surface area contributed by atoms with Gasteiger partial charge in [-0.2, -0.15) is 0 Å². The van der Waals surface area contributed by atoms with Gasteiger partial charge in [0.25, 0.3) is 5.91 Å². The highest BCUT2D eigenvalue weighted by atomic mass is 32.2. The zero-order valence-corrected chi connectivity index (χ0v) is 14.5. The first-order valence-electron chi connectivity index (χ1n) is 8.69. The summed E-state index contributed by atoms with van der Waals surface area (Å²) in [6.07, 6.45) is 7.66. The first-order valence-corrected chi connectivity index (χ1v) is 10.2. The minimum Gasteiger partial charge on any atom is -0.338 e. The topological polar surface area (TPSA) is 70.6 Å². The van der Waals surface area contributed by atoms with E-state index >= 15 is 0 Å². The van der Waals surface area contributed by atoms with Gasteiger partial charge in [0, 0.05) is 44.0 Å². The normalized spacial score (nSPS) is 28.4. The highest BCUT2D eigenvalue weighted by Gasteiger charge is 2.49. The van der Waals surface area contributed by atoms with Gasteiger partial charge in [-0.3, -0.25) is 9.78 Å². The number of aromatic nitrogens is 1. The predicted octanol–water partition coefficient (Wildman–Crippen LogP) is 1.50. The van der Waals surface area contributed by atoms with Crippen molar-refractivity contribution < 1.29 is 13.2 Å². The molecule has 1 amide bonds. The smallest absolute Gasteiger partial charge is 0.255 e. The summed E-state index contributed by atoms with van der Waals surface area (Å²) in [6, 6.07) is 3.56. The van der Waals surface area contributed by atoms with Gasteiger partial charge >= 0.3 is 0 Å². The van der Waals surface area contributed by atoms with Crippen molar-refractivity contribution in [2.45, 2.75) is 37.4 Å². The fraction of sp³-hybridized carbons (Fsp3) is 0.647. The summed E-state index contributed by atoms with van der Waals surface area (Å²) >= 11 is 0. The first kappa shape index (κ1) is 16.0. The Morgan fingerprint density at radius 3 is 2.75 bits per heavy atom. The van der Waals surface area contributed by atoms with E-state index in [4.69, 9.17) is 0 Å². The van der Waals surface area contributed by atoms with Crippen LogP contribution in [0.4, 0.5) is 0 Å². The van der Waals surface area contributed by atoms with E-state index in [-0.39, 0.29) is 16.6 Å². The summed E-state index contributed by atoms with van der Waals surface area (Å²) < 4.78 is 26.7. The molecule has 1 aliphatic carbocycles. The molecule has 0 radical (unpaired) electrons. The molecule has 24 heavy (non-hydrogen) atoms. The Balaban J connectivity index is 1.48. The van der Waals surface area contributed by atoms with Crippen molar-refractivity contribution in [1.82, 2.24) is 14.2 Å². The fourth-order valence-electron chi connectivity index (χ4n) is 4.07. The number of hydrogen-bond acceptors (Lipinski definition) is 4. The highest BCUT2D eigenvalue weighted by molar-refractivity contribution is 7.90. The molecule has 2 saturated heterocycles. The summed E-state index contributed by atoms with van der Waals surface area (Å²) in [4.78, 5) is 18.6. The van der Waals surface area contributed by atoms with Crippen LogP contribution in [-0.4, -0.2) is 59.9 Å². The number of rotatable bonds is 3. The molecule has 6 nitrogen and oxygen atoms in total. The third-order valence-electron chi connectivity index (χ3n) is 5.57. The lowest BCUT2D eigenvalue weighted by Crippen LogP contribution is -2.48. The lowest BCUT2D eigenvalue weighted by molar-refractivity contribution is 0.0543. The van der Waals surface area contributed by atoms with E-state index in [1.807, 2.05) is 4.90 Å². The minimum atomic E-state index is -3.11. The van der Waals surface area contributed by atoms with Crippen LogP contribution in [0, 0.1) is 5.41 Å². The summed E-state index contributed by atoms with van der Waals surface area (Å²) in [5, 5.41) is -0.149. The number of amides is 1. The molecule has 0 aromatic carbocycles. The summed E-state index contributed by atoms with van der Waals surface area (Å²) in [6.45, 7) is 2.57. The zero-order valence-electron chi connectivity index (χ0n) is 13.7. The summed E-state index contributed by atoms with van der Waals surface area (Å²) in [5.41, 5.74) is 0.535. The molecule has 1 spiro atoms. The molecular formula is C17H23N3O3S. The van der Waals surface area contributed by atoms with Crippen molar-refractivity contribution in [1.29, 1.82) is 0 Å². The van der Waals surface area contributed by atoms with Crippen LogP contribution in [0.3, 0.4) is 0 Å². The van der Waals surface area contributed by atoms with E-state index < -0.39 is 10.0 Å². The van der Waals surface area contributed by atoms with Crippen LogP contribution >= 0.6 is 0 Å². The van der Waals surface area contributed by atoms with E-state index in [0.717, 1.165) is 38.6 Å². The zero-order chi connectivity index (χ0) is 16.8. The van der Waals surface area contributed by atoms with Gasteiger partial charge in [-0.1, -0.05) is 0 Å². The molecule has 0 unspecified atom stereocenters. The maximum atomic E-state index is 12.7. The molecule has 7 heteroatoms. The van der Waals surface area contributed by atoms with Gasteiger partial charge < -0.3 is 4.90 Å². The SMILES string of the molecule is O=C(c1cccnc1)N1CCC[C@@]2(CCN(S(=O)(=O)C3CC3)C2)C1. The van der Waals surface area contributed by atoms with E-state index in [1.165, 1.54) is 0 Å². The van der Waals surface area contributed by atoms with Crippen LogP contribution in [0.1, 0.15) is 42.5 Å². The van der Waals surface area contributed by atoms with Gasteiger partial charge in [0.15, 0.2) is 0 Å². The molecule has 1 atom stereocenters. The Bertz CT molecular complexity index is 733. The second-order valence-corrected chi connectivity index (χ2v) is 9.61. The van der Waals surface area contributed by atoms with Crippen LogP contribution in [0.25, 0.3) is 0 Å². The van der Waals surface area contributed by atoms with Crippen LogP contribution in [0.2, 0.25) is 0 Å². The Morgan fingerprint density at radius 2 is 2.04 bits per heavy atom. The Hall–Kier alpha value is -1.47. The maximum absolute atomic E-state index is 12.7. The van der Waals surface area contributed by atoms with Crippen molar-refractivity contribution >= 4 is 15.9 Å². The number of likely N-dealkylation sites (tertiary alicyclic amines) is 1. The van der Waals surface area contributed by atoms with Crippen molar-refractivity contribution in [3.63, 3.8) is 0 Å². The molecular weight excluding hydrogens is 326 g/mol.